The van der Waals surface area contributed by atoms with Gasteiger partial charge >= 0.3 is 0 Å². The van der Waals surface area contributed by atoms with Gasteiger partial charge in [0.2, 0.25) is 0 Å². The monoisotopic (exact) mass is 332 g/mol. The van der Waals surface area contributed by atoms with Crippen molar-refractivity contribution in [1.29, 1.82) is 5.26 Å². The fraction of sp³-hybridized carbons (Fsp3) is 0. The second kappa shape index (κ2) is 3.91. The lowest BCUT2D eigenvalue weighted by Crippen LogP contribution is -1.92. The summed E-state index contributed by atoms with van der Waals surface area (Å²) in [4.78, 5) is 3.96. The third-order valence-electron chi connectivity index (χ3n) is 1.96. The first-order chi connectivity index (χ1) is 7.13. The molecule has 0 N–H and O–H groups in total. The fourth-order valence-corrected chi connectivity index (χ4v) is 2.02. The predicted octanol–water partition coefficient (Wildman–Crippen LogP) is 3.50. The molecule has 0 atom stereocenters. The smallest absolute Gasteiger partial charge is 0.140 e. The van der Waals surface area contributed by atoms with Crippen molar-refractivity contribution >= 4 is 45.1 Å². The van der Waals surface area contributed by atoms with Crippen molar-refractivity contribution in [1.82, 2.24) is 4.98 Å². The topological polar surface area (TPSA) is 36.7 Å². The van der Waals surface area contributed by atoms with Crippen molar-refractivity contribution < 1.29 is 4.39 Å². The molecule has 1 aromatic carbocycles. The molecule has 0 spiro atoms. The molecular weight excluding hydrogens is 329 g/mol. The minimum atomic E-state index is -0.436. The van der Waals surface area contributed by atoms with Crippen LogP contribution in [-0.2, 0) is 0 Å². The Hall–Kier alpha value is -0.930. The molecule has 0 saturated heterocycles. The number of aromatic nitrogens is 1. The number of fused-ring (bicyclic) bond motifs is 1. The highest BCUT2D eigenvalue weighted by atomic mass is 127. The van der Waals surface area contributed by atoms with Crippen LogP contribution in [0.4, 0.5) is 4.39 Å². The van der Waals surface area contributed by atoms with E-state index in [-0.39, 0.29) is 5.56 Å². The van der Waals surface area contributed by atoms with Crippen molar-refractivity contribution in [2.24, 2.45) is 0 Å². The van der Waals surface area contributed by atoms with Gasteiger partial charge in [0.1, 0.15) is 11.9 Å². The summed E-state index contributed by atoms with van der Waals surface area (Å²) in [5.74, 6) is -0.436. The number of pyridine rings is 1. The normalized spacial score (nSPS) is 10.3. The summed E-state index contributed by atoms with van der Waals surface area (Å²) in [6.07, 6.45) is 1.43. The Bertz CT molecular complexity index is 592. The van der Waals surface area contributed by atoms with Crippen molar-refractivity contribution in [3.05, 3.63) is 38.3 Å². The van der Waals surface area contributed by atoms with Crippen LogP contribution in [0.1, 0.15) is 5.56 Å². The Morgan fingerprint density at radius 3 is 2.87 bits per heavy atom. The summed E-state index contributed by atoms with van der Waals surface area (Å²) >= 11 is 7.57. The minimum absolute atomic E-state index is 0.278. The number of hydrogen-bond donors (Lipinski definition) is 0. The first kappa shape index (κ1) is 10.6. The Morgan fingerprint density at radius 1 is 1.47 bits per heavy atom. The van der Waals surface area contributed by atoms with Gasteiger partial charge in [0.15, 0.2) is 0 Å². The Labute approximate surface area is 104 Å². The SMILES string of the molecule is N#Cc1c(I)c(F)cc2ncc(Cl)cc12. The van der Waals surface area contributed by atoms with Gasteiger partial charge in [-0.1, -0.05) is 11.6 Å². The quantitative estimate of drug-likeness (QED) is 0.692. The van der Waals surface area contributed by atoms with Crippen LogP contribution in [0.5, 0.6) is 0 Å². The lowest BCUT2D eigenvalue weighted by Gasteiger charge is -2.03. The van der Waals surface area contributed by atoms with Gasteiger partial charge in [0.05, 0.1) is 19.7 Å². The lowest BCUT2D eigenvalue weighted by atomic mass is 10.1. The molecule has 1 heterocycles. The molecule has 15 heavy (non-hydrogen) atoms. The van der Waals surface area contributed by atoms with Crippen LogP contribution in [0.3, 0.4) is 0 Å². The van der Waals surface area contributed by atoms with E-state index in [1.807, 2.05) is 6.07 Å². The van der Waals surface area contributed by atoms with Crippen molar-refractivity contribution in [3.8, 4) is 6.07 Å². The summed E-state index contributed by atoms with van der Waals surface area (Å²) in [6, 6.07) is 4.88. The van der Waals surface area contributed by atoms with Gasteiger partial charge in [-0.25, -0.2) is 4.39 Å². The zero-order chi connectivity index (χ0) is 11.0. The van der Waals surface area contributed by atoms with Gasteiger partial charge in [-0.2, -0.15) is 5.26 Å². The van der Waals surface area contributed by atoms with Crippen molar-refractivity contribution in [3.63, 3.8) is 0 Å². The van der Waals surface area contributed by atoms with Crippen molar-refractivity contribution in [2.45, 2.75) is 0 Å². The molecule has 0 bridgehead atoms. The highest BCUT2D eigenvalue weighted by Gasteiger charge is 2.11. The van der Waals surface area contributed by atoms with Crippen molar-refractivity contribution in [2.75, 3.05) is 0 Å². The molecule has 2 rings (SSSR count). The van der Waals surface area contributed by atoms with Crippen LogP contribution in [0.15, 0.2) is 18.3 Å². The average molecular weight is 333 g/mol. The van der Waals surface area contributed by atoms with Gasteiger partial charge in [-0.3, -0.25) is 4.98 Å². The van der Waals surface area contributed by atoms with Crippen LogP contribution >= 0.6 is 34.2 Å². The van der Waals surface area contributed by atoms with Crippen LogP contribution in [0.2, 0.25) is 5.02 Å². The fourth-order valence-electron chi connectivity index (χ4n) is 1.30. The summed E-state index contributed by atoms with van der Waals surface area (Å²) in [5.41, 5.74) is 0.717. The zero-order valence-electron chi connectivity index (χ0n) is 7.26. The second-order valence-electron chi connectivity index (χ2n) is 2.88. The van der Waals surface area contributed by atoms with E-state index in [0.29, 0.717) is 19.5 Å². The van der Waals surface area contributed by atoms with E-state index in [2.05, 4.69) is 4.98 Å². The van der Waals surface area contributed by atoms with Crippen LogP contribution in [0, 0.1) is 20.7 Å². The third kappa shape index (κ3) is 1.77. The van der Waals surface area contributed by atoms with Gasteiger partial charge in [-0.05, 0) is 28.7 Å². The van der Waals surface area contributed by atoms with E-state index >= 15 is 0 Å². The summed E-state index contributed by atoms with van der Waals surface area (Å²) in [5, 5.41) is 9.95. The molecular formula is C10H3ClFIN2. The summed E-state index contributed by atoms with van der Waals surface area (Å²) < 4.78 is 13.7. The third-order valence-corrected chi connectivity index (χ3v) is 3.22. The average Bonchev–Trinajstić information content (AvgIpc) is 2.21. The van der Waals surface area contributed by atoms with E-state index in [4.69, 9.17) is 16.9 Å². The van der Waals surface area contributed by atoms with Crippen LogP contribution in [-0.4, -0.2) is 4.98 Å². The van der Waals surface area contributed by atoms with Crippen LogP contribution in [0.25, 0.3) is 10.9 Å². The van der Waals surface area contributed by atoms with Gasteiger partial charge in [0.25, 0.3) is 0 Å². The van der Waals surface area contributed by atoms with Gasteiger partial charge in [-0.15, -0.1) is 0 Å². The molecule has 1 aromatic heterocycles. The number of rotatable bonds is 0. The Morgan fingerprint density at radius 2 is 2.20 bits per heavy atom. The Balaban J connectivity index is 2.97. The molecule has 0 aliphatic carbocycles. The number of halogens is 3. The molecule has 0 aliphatic heterocycles. The molecule has 5 heteroatoms. The maximum atomic E-state index is 13.4. The van der Waals surface area contributed by atoms with E-state index < -0.39 is 5.82 Å². The van der Waals surface area contributed by atoms with E-state index in [1.54, 1.807) is 28.7 Å². The minimum Gasteiger partial charge on any atom is -0.255 e. The van der Waals surface area contributed by atoms with E-state index in [9.17, 15) is 4.39 Å². The molecule has 74 valence electrons. The number of hydrogen-bond acceptors (Lipinski definition) is 2. The van der Waals surface area contributed by atoms with Crippen LogP contribution < -0.4 is 0 Å². The first-order valence-electron chi connectivity index (χ1n) is 3.97. The highest BCUT2D eigenvalue weighted by molar-refractivity contribution is 14.1. The molecule has 0 saturated carbocycles. The molecule has 0 amide bonds. The highest BCUT2D eigenvalue weighted by Crippen LogP contribution is 2.26. The molecule has 0 fully saturated rings. The Kier molecular flexibility index (Phi) is 2.76. The standard InChI is InChI=1S/C10H3ClFIN2/c11-5-1-6-7(3-14)10(13)8(12)2-9(6)15-4-5/h1-2,4H. The number of nitriles is 1. The maximum absolute atomic E-state index is 13.4. The van der Waals surface area contributed by atoms with Gasteiger partial charge in [0, 0.05) is 17.6 Å². The molecule has 2 nitrogen and oxygen atoms in total. The second-order valence-corrected chi connectivity index (χ2v) is 4.39. The first-order valence-corrected chi connectivity index (χ1v) is 5.42. The zero-order valence-corrected chi connectivity index (χ0v) is 10.2. The number of benzene rings is 1. The van der Waals surface area contributed by atoms with E-state index in [1.165, 1.54) is 12.3 Å². The summed E-state index contributed by atoms with van der Waals surface area (Å²) in [7, 11) is 0. The predicted molar refractivity (Wildman–Crippen MR) is 64.1 cm³/mol. The molecule has 0 radical (unpaired) electrons. The van der Waals surface area contributed by atoms with Gasteiger partial charge < -0.3 is 0 Å². The number of nitrogens with zero attached hydrogens (tertiary/aromatic N) is 2. The largest absolute Gasteiger partial charge is 0.255 e. The maximum Gasteiger partial charge on any atom is 0.140 e. The molecule has 0 unspecified atom stereocenters. The molecule has 0 aliphatic rings. The summed E-state index contributed by atoms with van der Waals surface area (Å²) in [6.45, 7) is 0. The lowest BCUT2D eigenvalue weighted by molar-refractivity contribution is 0.621. The van der Waals surface area contributed by atoms with E-state index in [0.717, 1.165) is 0 Å². The molecule has 2 aromatic rings.